The fraction of sp³-hybridized carbons (Fsp3) is 0.588. The van der Waals surface area contributed by atoms with E-state index in [4.69, 9.17) is 4.74 Å². The number of carbonyl (C=O) groups excluding carboxylic acids is 1. The van der Waals surface area contributed by atoms with Crippen LogP contribution in [0.15, 0.2) is 12.1 Å². The average molecular weight is 309 g/mol. The lowest BCUT2D eigenvalue weighted by molar-refractivity contribution is 0.0337. The van der Waals surface area contributed by atoms with E-state index in [1.807, 2.05) is 0 Å². The van der Waals surface area contributed by atoms with E-state index in [0.29, 0.717) is 12.1 Å². The zero-order valence-electron chi connectivity index (χ0n) is 12.9. The van der Waals surface area contributed by atoms with Crippen molar-refractivity contribution in [2.75, 3.05) is 14.2 Å². The molecule has 2 aliphatic rings. The van der Waals surface area contributed by atoms with Crippen LogP contribution in [0.3, 0.4) is 0 Å². The summed E-state index contributed by atoms with van der Waals surface area (Å²) in [6.45, 7) is 0. The van der Waals surface area contributed by atoms with E-state index in [1.165, 1.54) is 13.5 Å². The van der Waals surface area contributed by atoms with Crippen LogP contribution in [-0.2, 0) is 0 Å². The Balaban J connectivity index is 1.87. The quantitative estimate of drug-likeness (QED) is 0.801. The highest BCUT2D eigenvalue weighted by Gasteiger charge is 2.39. The Bertz CT molecular complexity index is 576. The van der Waals surface area contributed by atoms with Crippen LogP contribution in [-0.4, -0.2) is 36.9 Å². The Labute approximate surface area is 129 Å². The van der Waals surface area contributed by atoms with Gasteiger partial charge in [-0.25, -0.2) is 8.78 Å². The molecule has 2 unspecified atom stereocenters. The largest absolute Gasteiger partial charge is 0.496 e. The fourth-order valence-corrected chi connectivity index (χ4v) is 3.94. The van der Waals surface area contributed by atoms with Crippen molar-refractivity contribution in [2.45, 2.75) is 44.2 Å². The summed E-state index contributed by atoms with van der Waals surface area (Å²) in [4.78, 5) is 15.2. The number of rotatable bonds is 3. The minimum atomic E-state index is -1.00. The van der Waals surface area contributed by atoms with Gasteiger partial charge in [-0.15, -0.1) is 0 Å². The molecular weight excluding hydrogens is 288 g/mol. The average Bonchev–Trinajstić information content (AvgIpc) is 2.48. The molecule has 0 aliphatic carbocycles. The number of ether oxygens (including phenoxy) is 1. The molecule has 0 spiro atoms. The van der Waals surface area contributed by atoms with E-state index in [1.54, 1.807) is 0 Å². The third-order valence-electron chi connectivity index (χ3n) is 5.22. The van der Waals surface area contributed by atoms with Gasteiger partial charge in [0.15, 0.2) is 17.4 Å². The lowest BCUT2D eigenvalue weighted by Gasteiger charge is -2.46. The highest BCUT2D eigenvalue weighted by molar-refractivity contribution is 6.00. The zero-order valence-corrected chi connectivity index (χ0v) is 12.9. The summed E-state index contributed by atoms with van der Waals surface area (Å²) in [5.41, 5.74) is 0.161. The van der Waals surface area contributed by atoms with E-state index in [2.05, 4.69) is 11.9 Å². The molecule has 0 N–H and O–H groups in total. The SMILES string of the molecule is COc1cc(F)c(F)cc1C(=O)C1CC2CCCC(C1)N2C. The molecule has 2 saturated heterocycles. The third kappa shape index (κ3) is 2.62. The second-order valence-corrected chi connectivity index (χ2v) is 6.40. The molecule has 22 heavy (non-hydrogen) atoms. The molecule has 0 amide bonds. The topological polar surface area (TPSA) is 29.5 Å². The summed E-state index contributed by atoms with van der Waals surface area (Å²) in [6, 6.07) is 2.76. The second kappa shape index (κ2) is 5.95. The number of benzene rings is 1. The first-order valence-corrected chi connectivity index (χ1v) is 7.80. The molecule has 0 saturated carbocycles. The molecule has 3 nitrogen and oxygen atoms in total. The van der Waals surface area contributed by atoms with Gasteiger partial charge in [0, 0.05) is 24.1 Å². The molecule has 0 aromatic heterocycles. The summed E-state index contributed by atoms with van der Waals surface area (Å²) < 4.78 is 31.9. The number of hydrogen-bond acceptors (Lipinski definition) is 3. The maximum atomic E-state index is 13.5. The number of piperidine rings is 2. The van der Waals surface area contributed by atoms with Gasteiger partial charge in [0.1, 0.15) is 5.75 Å². The van der Waals surface area contributed by atoms with Gasteiger partial charge in [0.25, 0.3) is 0 Å². The molecule has 2 aliphatic heterocycles. The smallest absolute Gasteiger partial charge is 0.169 e. The molecule has 5 heteroatoms. The van der Waals surface area contributed by atoms with Crippen molar-refractivity contribution in [1.82, 2.24) is 4.90 Å². The lowest BCUT2D eigenvalue weighted by Crippen LogP contribution is -2.51. The van der Waals surface area contributed by atoms with Gasteiger partial charge < -0.3 is 9.64 Å². The highest BCUT2D eigenvalue weighted by atomic mass is 19.2. The van der Waals surface area contributed by atoms with Crippen molar-refractivity contribution in [3.8, 4) is 5.75 Å². The van der Waals surface area contributed by atoms with E-state index >= 15 is 0 Å². The van der Waals surface area contributed by atoms with Crippen molar-refractivity contribution < 1.29 is 18.3 Å². The predicted octanol–water partition coefficient (Wildman–Crippen LogP) is 3.42. The summed E-state index contributed by atoms with van der Waals surface area (Å²) in [7, 11) is 3.49. The normalized spacial score (nSPS) is 28.5. The molecule has 0 radical (unpaired) electrons. The number of halogens is 2. The monoisotopic (exact) mass is 309 g/mol. The Kier molecular flexibility index (Phi) is 4.17. The fourth-order valence-electron chi connectivity index (χ4n) is 3.94. The number of ketones is 1. The number of carbonyl (C=O) groups is 1. The van der Waals surface area contributed by atoms with Crippen molar-refractivity contribution in [3.05, 3.63) is 29.3 Å². The molecule has 1 aromatic carbocycles. The number of methoxy groups -OCH3 is 1. The number of hydrogen-bond donors (Lipinski definition) is 0. The van der Waals surface area contributed by atoms with E-state index < -0.39 is 11.6 Å². The molecule has 2 atom stereocenters. The van der Waals surface area contributed by atoms with Gasteiger partial charge in [-0.05, 0) is 38.8 Å². The summed E-state index contributed by atoms with van der Waals surface area (Å²) in [5.74, 6) is -2.13. The van der Waals surface area contributed by atoms with Gasteiger partial charge in [-0.2, -0.15) is 0 Å². The van der Waals surface area contributed by atoms with E-state index in [-0.39, 0.29) is 23.0 Å². The van der Waals surface area contributed by atoms with Crippen LogP contribution in [0, 0.1) is 17.6 Å². The first-order valence-electron chi connectivity index (χ1n) is 7.80. The summed E-state index contributed by atoms with van der Waals surface area (Å²) in [6.07, 6.45) is 4.98. The summed E-state index contributed by atoms with van der Waals surface area (Å²) >= 11 is 0. The highest BCUT2D eigenvalue weighted by Crippen LogP contribution is 2.38. The van der Waals surface area contributed by atoms with Crippen LogP contribution >= 0.6 is 0 Å². The standard InChI is InChI=1S/C17H21F2NO2/c1-20-11-4-3-5-12(20)7-10(6-11)17(21)13-8-14(18)15(19)9-16(13)22-2/h8-12H,3-7H2,1-2H3. The van der Waals surface area contributed by atoms with Crippen LogP contribution < -0.4 is 4.74 Å². The Morgan fingerprint density at radius 2 is 1.77 bits per heavy atom. The lowest BCUT2D eigenvalue weighted by atomic mass is 9.76. The van der Waals surface area contributed by atoms with Gasteiger partial charge in [0.05, 0.1) is 12.7 Å². The molecular formula is C17H21F2NO2. The van der Waals surface area contributed by atoms with E-state index in [0.717, 1.165) is 37.8 Å². The van der Waals surface area contributed by atoms with Crippen LogP contribution in [0.4, 0.5) is 8.78 Å². The number of fused-ring (bicyclic) bond motifs is 2. The Morgan fingerprint density at radius 1 is 1.18 bits per heavy atom. The maximum Gasteiger partial charge on any atom is 0.169 e. The predicted molar refractivity (Wildman–Crippen MR) is 79.2 cm³/mol. The molecule has 2 heterocycles. The van der Waals surface area contributed by atoms with Gasteiger partial charge in [-0.3, -0.25) is 4.79 Å². The molecule has 1 aromatic rings. The first-order chi connectivity index (χ1) is 10.5. The maximum absolute atomic E-state index is 13.5. The van der Waals surface area contributed by atoms with Crippen LogP contribution in [0.1, 0.15) is 42.5 Å². The minimum absolute atomic E-state index is 0.119. The van der Waals surface area contributed by atoms with Gasteiger partial charge in [0.2, 0.25) is 0 Å². The van der Waals surface area contributed by atoms with Crippen LogP contribution in [0.25, 0.3) is 0 Å². The Morgan fingerprint density at radius 3 is 2.36 bits per heavy atom. The molecule has 2 fully saturated rings. The first kappa shape index (κ1) is 15.4. The second-order valence-electron chi connectivity index (χ2n) is 6.40. The van der Waals surface area contributed by atoms with E-state index in [9.17, 15) is 13.6 Å². The Hall–Kier alpha value is -1.49. The van der Waals surface area contributed by atoms with Crippen LogP contribution in [0.2, 0.25) is 0 Å². The molecule has 120 valence electrons. The number of nitrogens with zero attached hydrogens (tertiary/aromatic N) is 1. The molecule has 2 bridgehead atoms. The summed E-state index contributed by atoms with van der Waals surface area (Å²) in [5, 5.41) is 0. The van der Waals surface area contributed by atoms with Crippen molar-refractivity contribution in [2.24, 2.45) is 5.92 Å². The third-order valence-corrected chi connectivity index (χ3v) is 5.22. The minimum Gasteiger partial charge on any atom is -0.496 e. The van der Waals surface area contributed by atoms with Crippen molar-refractivity contribution >= 4 is 5.78 Å². The molecule has 3 rings (SSSR count). The van der Waals surface area contributed by atoms with Crippen LogP contribution in [0.5, 0.6) is 5.75 Å². The number of Topliss-reactive ketones (excluding diaryl/α,β-unsaturated/α-hetero) is 1. The van der Waals surface area contributed by atoms with Crippen molar-refractivity contribution in [1.29, 1.82) is 0 Å². The van der Waals surface area contributed by atoms with Gasteiger partial charge in [-0.1, -0.05) is 6.42 Å². The van der Waals surface area contributed by atoms with Crippen molar-refractivity contribution in [3.63, 3.8) is 0 Å². The van der Waals surface area contributed by atoms with Gasteiger partial charge >= 0.3 is 0 Å². The zero-order chi connectivity index (χ0) is 15.9.